The van der Waals surface area contributed by atoms with Crippen molar-refractivity contribution >= 4 is 26.0 Å². The highest BCUT2D eigenvalue weighted by Gasteiger charge is 2.58. The van der Waals surface area contributed by atoms with Crippen LogP contribution >= 0.6 is 7.70 Å². The van der Waals surface area contributed by atoms with E-state index in [4.69, 9.17) is 4.74 Å². The lowest BCUT2D eigenvalue weighted by Crippen LogP contribution is -2.55. The molecule has 8 heteroatoms. The Hall–Kier alpha value is -1.17. The van der Waals surface area contributed by atoms with Crippen molar-refractivity contribution in [2.45, 2.75) is 25.3 Å². The number of likely N-dealkylation sites (tertiary alicyclic amines) is 1. The third-order valence-electron chi connectivity index (χ3n) is 4.18. The van der Waals surface area contributed by atoms with Gasteiger partial charge in [-0.2, -0.15) is 0 Å². The Morgan fingerprint density at radius 3 is 2.57 bits per heavy atom. The number of aliphatic hydroxyl groups excluding tert-OH is 1. The smallest absolute Gasteiger partial charge is 0.409 e. The van der Waals surface area contributed by atoms with Crippen LogP contribution in [0.15, 0.2) is 0 Å². The monoisotopic (exact) mass is 316 g/mol. The minimum absolute atomic E-state index is 0.0495. The van der Waals surface area contributed by atoms with Crippen LogP contribution in [-0.4, -0.2) is 83.2 Å². The van der Waals surface area contributed by atoms with E-state index in [0.29, 0.717) is 39.2 Å². The number of ether oxygens (including phenoxy) is 1. The first-order valence-electron chi connectivity index (χ1n) is 7.10. The van der Waals surface area contributed by atoms with Gasteiger partial charge < -0.3 is 19.6 Å². The van der Waals surface area contributed by atoms with E-state index < -0.39 is 13.2 Å². The van der Waals surface area contributed by atoms with Gasteiger partial charge in [0.05, 0.1) is 12.9 Å². The second-order valence-corrected chi connectivity index (χ2v) is 7.20. The van der Waals surface area contributed by atoms with Crippen LogP contribution in [0.1, 0.15) is 19.8 Å². The molecule has 0 saturated carbocycles. The fourth-order valence-corrected chi connectivity index (χ4v) is 4.36. The molecular formula is C13H23N3O4P+. The zero-order valence-electron chi connectivity index (χ0n) is 12.6. The molecule has 0 aromatic rings. The molecule has 21 heavy (non-hydrogen) atoms. The van der Waals surface area contributed by atoms with Crippen LogP contribution in [0.25, 0.3) is 0 Å². The third-order valence-corrected chi connectivity index (χ3v) is 5.52. The molecule has 2 heterocycles. The predicted octanol–water partition coefficient (Wildman–Crippen LogP) is 0.488. The Morgan fingerprint density at radius 2 is 2.10 bits per heavy atom. The van der Waals surface area contributed by atoms with Crippen molar-refractivity contribution in [1.29, 1.82) is 0 Å². The van der Waals surface area contributed by atoms with Gasteiger partial charge in [0.25, 0.3) is 0 Å². The molecule has 2 saturated heterocycles. The van der Waals surface area contributed by atoms with Gasteiger partial charge in [-0.25, -0.2) is 4.79 Å². The summed E-state index contributed by atoms with van der Waals surface area (Å²) in [5.41, 5.74) is -0.617. The van der Waals surface area contributed by atoms with Gasteiger partial charge in [-0.3, -0.25) is 4.79 Å². The molecule has 1 unspecified atom stereocenters. The summed E-state index contributed by atoms with van der Waals surface area (Å²) in [5.74, 6) is -0.0495. The summed E-state index contributed by atoms with van der Waals surface area (Å²) in [4.78, 5) is 27.5. The number of hydrogen-bond donors (Lipinski definition) is 1. The molecule has 0 aromatic heterocycles. The number of hydrogen-bond acceptors (Lipinski definition) is 5. The standard InChI is InChI=1S/C13H23N3O4P/c1-4-20-12(19)14-7-5-13(6-8-14)11(18)15(10-17)9-16(13)21(2)3/h17H,2,4-10H2,1,3H3/q+1. The molecule has 0 bridgehead atoms. The van der Waals surface area contributed by atoms with Crippen molar-refractivity contribution in [3.8, 4) is 0 Å². The Bertz CT molecular complexity index is 449. The van der Waals surface area contributed by atoms with Crippen molar-refractivity contribution < 1.29 is 19.4 Å². The van der Waals surface area contributed by atoms with Crippen LogP contribution in [0.4, 0.5) is 4.79 Å². The first kappa shape index (κ1) is 16.2. The minimum atomic E-state index is -0.693. The maximum atomic E-state index is 12.6. The number of carbonyl (C=O) groups excluding carboxylic acids is 2. The number of piperidine rings is 1. The second kappa shape index (κ2) is 6.30. The average molecular weight is 316 g/mol. The molecule has 2 rings (SSSR count). The summed E-state index contributed by atoms with van der Waals surface area (Å²) in [6.07, 6.45) is 4.88. The second-order valence-electron chi connectivity index (χ2n) is 5.40. The largest absolute Gasteiger partial charge is 0.450 e. The van der Waals surface area contributed by atoms with Gasteiger partial charge in [0.2, 0.25) is 5.91 Å². The number of amides is 2. The third kappa shape index (κ3) is 2.78. The molecule has 0 aromatic carbocycles. The van der Waals surface area contributed by atoms with Gasteiger partial charge in [-0.1, -0.05) is 4.67 Å². The zero-order chi connectivity index (χ0) is 15.6. The quantitative estimate of drug-likeness (QED) is 0.767. The number of rotatable bonds is 3. The molecule has 0 aliphatic carbocycles. The van der Waals surface area contributed by atoms with E-state index in [0.717, 1.165) is 0 Å². The van der Waals surface area contributed by atoms with E-state index in [2.05, 4.69) is 11.0 Å². The number of aliphatic hydroxyl groups is 1. The Kier molecular flexibility index (Phi) is 4.86. The van der Waals surface area contributed by atoms with Crippen molar-refractivity contribution in [1.82, 2.24) is 14.5 Å². The van der Waals surface area contributed by atoms with Gasteiger partial charge >= 0.3 is 6.09 Å². The van der Waals surface area contributed by atoms with Gasteiger partial charge in [-0.15, -0.1) is 0 Å². The lowest BCUT2D eigenvalue weighted by atomic mass is 9.87. The fourth-order valence-electron chi connectivity index (χ4n) is 3.06. The number of carbonyl (C=O) groups is 2. The van der Waals surface area contributed by atoms with Gasteiger partial charge in [-0.05, 0) is 19.8 Å². The summed E-state index contributed by atoms with van der Waals surface area (Å²) < 4.78 is 7.09. The molecule has 2 aliphatic rings. The first-order valence-corrected chi connectivity index (χ1v) is 9.02. The topological polar surface area (TPSA) is 73.3 Å². The zero-order valence-corrected chi connectivity index (χ0v) is 13.5. The highest BCUT2D eigenvalue weighted by atomic mass is 31.1. The van der Waals surface area contributed by atoms with Crippen LogP contribution in [0.3, 0.4) is 0 Å². The molecule has 2 aliphatic heterocycles. The molecule has 1 atom stereocenters. The fraction of sp³-hybridized carbons (Fsp3) is 0.769. The molecule has 1 spiro atoms. The van der Waals surface area contributed by atoms with Crippen molar-refractivity contribution in [2.75, 3.05) is 39.8 Å². The highest BCUT2D eigenvalue weighted by Crippen LogP contribution is 2.44. The van der Waals surface area contributed by atoms with Crippen LogP contribution in [0, 0.1) is 0 Å². The lowest BCUT2D eigenvalue weighted by molar-refractivity contribution is -0.137. The highest BCUT2D eigenvalue weighted by molar-refractivity contribution is 7.52. The predicted molar refractivity (Wildman–Crippen MR) is 81.2 cm³/mol. The maximum Gasteiger partial charge on any atom is 0.409 e. The van der Waals surface area contributed by atoms with E-state index >= 15 is 0 Å². The molecule has 2 fully saturated rings. The van der Waals surface area contributed by atoms with E-state index in [1.807, 2.05) is 6.66 Å². The Labute approximate surface area is 125 Å². The van der Waals surface area contributed by atoms with Crippen molar-refractivity contribution in [2.24, 2.45) is 0 Å². The summed E-state index contributed by atoms with van der Waals surface area (Å²) in [6, 6.07) is 0. The normalized spacial score (nSPS) is 22.8. The first-order chi connectivity index (χ1) is 9.96. The summed E-state index contributed by atoms with van der Waals surface area (Å²) in [6.45, 7) is 5.25. The average Bonchev–Trinajstić information content (AvgIpc) is 2.73. The molecule has 1 N–H and O–H groups in total. The maximum absolute atomic E-state index is 12.6. The van der Waals surface area contributed by atoms with Crippen LogP contribution in [0.5, 0.6) is 0 Å². The van der Waals surface area contributed by atoms with Crippen LogP contribution in [0.2, 0.25) is 0 Å². The molecule has 0 radical (unpaired) electrons. The Morgan fingerprint density at radius 1 is 1.48 bits per heavy atom. The summed E-state index contributed by atoms with van der Waals surface area (Å²) in [7, 11) is -0.693. The van der Waals surface area contributed by atoms with E-state index in [1.54, 1.807) is 11.8 Å². The number of nitrogens with zero attached hydrogens (tertiary/aromatic N) is 3. The SMILES string of the molecule is C=[P+](C)N1CN(CO)C(=O)C12CCN(C(=O)OCC)CC2. The van der Waals surface area contributed by atoms with Gasteiger partial charge in [0.15, 0.2) is 7.70 Å². The van der Waals surface area contributed by atoms with Gasteiger partial charge in [0, 0.05) is 13.1 Å². The summed E-state index contributed by atoms with van der Waals surface area (Å²) >= 11 is 0. The van der Waals surface area contributed by atoms with E-state index in [1.165, 1.54) is 4.90 Å². The minimum Gasteiger partial charge on any atom is -0.450 e. The van der Waals surface area contributed by atoms with Crippen molar-refractivity contribution in [3.05, 3.63) is 0 Å². The lowest BCUT2D eigenvalue weighted by Gasteiger charge is -2.38. The van der Waals surface area contributed by atoms with E-state index in [-0.39, 0.29) is 18.7 Å². The molecule has 7 nitrogen and oxygen atoms in total. The summed E-state index contributed by atoms with van der Waals surface area (Å²) in [5, 5.41) is 9.34. The van der Waals surface area contributed by atoms with Crippen LogP contribution in [-0.2, 0) is 9.53 Å². The molecular weight excluding hydrogens is 293 g/mol. The van der Waals surface area contributed by atoms with E-state index in [9.17, 15) is 14.7 Å². The van der Waals surface area contributed by atoms with Crippen molar-refractivity contribution in [3.63, 3.8) is 0 Å². The van der Waals surface area contributed by atoms with Crippen LogP contribution < -0.4 is 0 Å². The molecule has 2 amide bonds. The molecule has 118 valence electrons. The van der Waals surface area contributed by atoms with Gasteiger partial charge in [0.1, 0.15) is 25.6 Å². The Balaban J connectivity index is 2.13.